The highest BCUT2D eigenvalue weighted by molar-refractivity contribution is 7.99. The van der Waals surface area contributed by atoms with Crippen molar-refractivity contribution in [3.8, 4) is 0 Å². The monoisotopic (exact) mass is 229 g/mol. The van der Waals surface area contributed by atoms with Crippen LogP contribution < -0.4 is 5.32 Å². The van der Waals surface area contributed by atoms with Crippen LogP contribution in [0.15, 0.2) is 0 Å². The van der Waals surface area contributed by atoms with E-state index in [2.05, 4.69) is 37.2 Å². The zero-order valence-electron chi connectivity index (χ0n) is 10.6. The van der Waals surface area contributed by atoms with Crippen LogP contribution in [-0.2, 0) is 0 Å². The first-order valence-electron chi connectivity index (χ1n) is 6.59. The molecule has 0 aromatic heterocycles. The second-order valence-corrected chi connectivity index (χ2v) is 5.91. The molecule has 1 unspecified atom stereocenters. The van der Waals surface area contributed by atoms with Gasteiger partial charge in [-0.15, -0.1) is 0 Å². The van der Waals surface area contributed by atoms with Crippen LogP contribution in [0, 0.1) is 0 Å². The summed E-state index contributed by atoms with van der Waals surface area (Å²) in [5.74, 6) is 0. The van der Waals surface area contributed by atoms with Crippen LogP contribution >= 0.6 is 11.8 Å². The van der Waals surface area contributed by atoms with Gasteiger partial charge >= 0.3 is 0 Å². The summed E-state index contributed by atoms with van der Waals surface area (Å²) in [6.45, 7) is 4.59. The molecule has 0 heterocycles. The molecule has 0 spiro atoms. The van der Waals surface area contributed by atoms with Crippen molar-refractivity contribution in [3.63, 3.8) is 0 Å². The van der Waals surface area contributed by atoms with Gasteiger partial charge in [-0.25, -0.2) is 0 Å². The summed E-state index contributed by atoms with van der Waals surface area (Å²) in [6, 6.07) is 1.58. The highest BCUT2D eigenvalue weighted by atomic mass is 32.2. The SMILES string of the molecule is CCCC(CC)NC1CCC(SC)CC1. The van der Waals surface area contributed by atoms with Gasteiger partial charge in [0.25, 0.3) is 0 Å². The molecule has 1 fully saturated rings. The Bertz CT molecular complexity index is 153. The molecule has 0 aromatic rings. The number of nitrogens with one attached hydrogen (secondary N) is 1. The van der Waals surface area contributed by atoms with Crippen LogP contribution in [0.25, 0.3) is 0 Å². The van der Waals surface area contributed by atoms with Gasteiger partial charge in [0.15, 0.2) is 0 Å². The second-order valence-electron chi connectivity index (χ2n) is 4.77. The topological polar surface area (TPSA) is 12.0 Å². The van der Waals surface area contributed by atoms with Gasteiger partial charge in [0.2, 0.25) is 0 Å². The van der Waals surface area contributed by atoms with Gasteiger partial charge in [-0.2, -0.15) is 11.8 Å². The first-order chi connectivity index (χ1) is 7.30. The van der Waals surface area contributed by atoms with Crippen molar-refractivity contribution in [1.29, 1.82) is 0 Å². The first-order valence-corrected chi connectivity index (χ1v) is 7.87. The number of rotatable bonds is 6. The molecule has 1 aliphatic carbocycles. The minimum atomic E-state index is 0.769. The molecule has 1 rings (SSSR count). The van der Waals surface area contributed by atoms with Crippen LogP contribution in [0.4, 0.5) is 0 Å². The van der Waals surface area contributed by atoms with Crippen molar-refractivity contribution in [2.75, 3.05) is 6.26 Å². The summed E-state index contributed by atoms with van der Waals surface area (Å²) in [5, 5.41) is 4.78. The molecule has 1 nitrogen and oxygen atoms in total. The quantitative estimate of drug-likeness (QED) is 0.743. The molecule has 2 heteroatoms. The van der Waals surface area contributed by atoms with E-state index in [-0.39, 0.29) is 0 Å². The molecule has 1 aliphatic rings. The van der Waals surface area contributed by atoms with Crippen molar-refractivity contribution in [2.45, 2.75) is 76.1 Å². The van der Waals surface area contributed by atoms with Crippen molar-refractivity contribution in [1.82, 2.24) is 5.32 Å². The fraction of sp³-hybridized carbons (Fsp3) is 1.00. The maximum Gasteiger partial charge on any atom is 0.00704 e. The Morgan fingerprint density at radius 3 is 2.33 bits per heavy atom. The standard InChI is InChI=1S/C13H27NS/c1-4-6-11(5-2)14-12-7-9-13(15-3)10-8-12/h11-14H,4-10H2,1-3H3. The molecule has 15 heavy (non-hydrogen) atoms. The van der Waals surface area contributed by atoms with Crippen molar-refractivity contribution in [3.05, 3.63) is 0 Å². The van der Waals surface area contributed by atoms with E-state index in [1.54, 1.807) is 0 Å². The highest BCUT2D eigenvalue weighted by Crippen LogP contribution is 2.27. The molecule has 0 aromatic carbocycles. The summed E-state index contributed by atoms with van der Waals surface area (Å²) >= 11 is 2.05. The fourth-order valence-corrected chi connectivity index (χ4v) is 3.30. The lowest BCUT2D eigenvalue weighted by Crippen LogP contribution is -2.40. The van der Waals surface area contributed by atoms with E-state index in [0.29, 0.717) is 0 Å². The zero-order valence-corrected chi connectivity index (χ0v) is 11.4. The molecule has 0 aliphatic heterocycles. The van der Waals surface area contributed by atoms with E-state index in [0.717, 1.165) is 17.3 Å². The Balaban J connectivity index is 2.21. The molecule has 0 saturated heterocycles. The Morgan fingerprint density at radius 2 is 1.87 bits per heavy atom. The predicted octanol–water partition coefficient (Wildman–Crippen LogP) is 3.83. The third-order valence-electron chi connectivity index (χ3n) is 3.61. The van der Waals surface area contributed by atoms with Crippen LogP contribution in [0.2, 0.25) is 0 Å². The molecular weight excluding hydrogens is 202 g/mol. The fourth-order valence-electron chi connectivity index (χ4n) is 2.55. The van der Waals surface area contributed by atoms with Gasteiger partial charge in [-0.3, -0.25) is 0 Å². The Kier molecular flexibility index (Phi) is 6.74. The van der Waals surface area contributed by atoms with Gasteiger partial charge in [0.1, 0.15) is 0 Å². The summed E-state index contributed by atoms with van der Waals surface area (Å²) in [6.07, 6.45) is 11.8. The highest BCUT2D eigenvalue weighted by Gasteiger charge is 2.21. The maximum atomic E-state index is 3.84. The van der Waals surface area contributed by atoms with Gasteiger partial charge in [-0.05, 0) is 44.8 Å². The number of thioether (sulfide) groups is 1. The van der Waals surface area contributed by atoms with Gasteiger partial charge in [0.05, 0.1) is 0 Å². The first kappa shape index (κ1) is 13.4. The Labute approximate surface area is 99.8 Å². The van der Waals surface area contributed by atoms with Crippen LogP contribution in [-0.4, -0.2) is 23.6 Å². The van der Waals surface area contributed by atoms with E-state index >= 15 is 0 Å². The zero-order chi connectivity index (χ0) is 11.1. The molecule has 1 saturated carbocycles. The van der Waals surface area contributed by atoms with Gasteiger partial charge < -0.3 is 5.32 Å². The van der Waals surface area contributed by atoms with E-state index in [9.17, 15) is 0 Å². The van der Waals surface area contributed by atoms with Crippen LogP contribution in [0.1, 0.15) is 58.8 Å². The lowest BCUT2D eigenvalue weighted by Gasteiger charge is -2.31. The lowest BCUT2D eigenvalue weighted by molar-refractivity contribution is 0.325. The molecule has 90 valence electrons. The third kappa shape index (κ3) is 4.78. The second kappa shape index (κ2) is 7.56. The van der Waals surface area contributed by atoms with Crippen molar-refractivity contribution >= 4 is 11.8 Å². The molecular formula is C13H27NS. The summed E-state index contributed by atoms with van der Waals surface area (Å²) in [7, 11) is 0. The lowest BCUT2D eigenvalue weighted by atomic mass is 9.93. The van der Waals surface area contributed by atoms with Gasteiger partial charge in [0, 0.05) is 17.3 Å². The Morgan fingerprint density at radius 1 is 1.20 bits per heavy atom. The van der Waals surface area contributed by atoms with E-state index in [1.807, 2.05) is 0 Å². The summed E-state index contributed by atoms with van der Waals surface area (Å²) in [5.41, 5.74) is 0. The minimum Gasteiger partial charge on any atom is -0.311 e. The smallest absolute Gasteiger partial charge is 0.00704 e. The van der Waals surface area contributed by atoms with Crippen LogP contribution in [0.3, 0.4) is 0 Å². The molecule has 0 amide bonds. The summed E-state index contributed by atoms with van der Waals surface area (Å²) < 4.78 is 0. The molecule has 0 radical (unpaired) electrons. The average Bonchev–Trinajstić information content (AvgIpc) is 2.29. The minimum absolute atomic E-state index is 0.769. The van der Waals surface area contributed by atoms with Gasteiger partial charge in [-0.1, -0.05) is 20.3 Å². The maximum absolute atomic E-state index is 3.84. The molecule has 1 atom stereocenters. The summed E-state index contributed by atoms with van der Waals surface area (Å²) in [4.78, 5) is 0. The van der Waals surface area contributed by atoms with E-state index in [4.69, 9.17) is 0 Å². The number of hydrogen-bond donors (Lipinski definition) is 1. The van der Waals surface area contributed by atoms with Crippen LogP contribution in [0.5, 0.6) is 0 Å². The Hall–Kier alpha value is 0.310. The third-order valence-corrected chi connectivity index (χ3v) is 4.75. The molecule has 1 N–H and O–H groups in total. The number of hydrogen-bond acceptors (Lipinski definition) is 2. The predicted molar refractivity (Wildman–Crippen MR) is 71.7 cm³/mol. The van der Waals surface area contributed by atoms with E-state index < -0.39 is 0 Å². The average molecular weight is 229 g/mol. The van der Waals surface area contributed by atoms with E-state index in [1.165, 1.54) is 44.9 Å². The van der Waals surface area contributed by atoms with Crippen molar-refractivity contribution < 1.29 is 0 Å². The normalized spacial score (nSPS) is 29.0. The largest absolute Gasteiger partial charge is 0.311 e. The molecule has 0 bridgehead atoms. The van der Waals surface area contributed by atoms with Crippen molar-refractivity contribution in [2.24, 2.45) is 0 Å².